The number of aromatic amines is 1. The molecule has 1 aromatic heterocycles. The van der Waals surface area contributed by atoms with Gasteiger partial charge in [-0.1, -0.05) is 25.4 Å². The van der Waals surface area contributed by atoms with Gasteiger partial charge in [0.1, 0.15) is 0 Å². The molecule has 2 aromatic rings. The van der Waals surface area contributed by atoms with E-state index in [0.717, 1.165) is 10.5 Å². The average Bonchev–Trinajstić information content (AvgIpc) is 2.55. The van der Waals surface area contributed by atoms with E-state index >= 15 is 0 Å². The lowest BCUT2D eigenvalue weighted by atomic mass is 10.1. The van der Waals surface area contributed by atoms with E-state index in [1.54, 1.807) is 0 Å². The summed E-state index contributed by atoms with van der Waals surface area (Å²) in [7, 11) is 0. The normalized spacial score (nSPS) is 9.54. The fraction of sp³-hybridized carbons (Fsp3) is 0.273. The number of hydrogen-bond acceptors (Lipinski definition) is 0. The van der Waals surface area contributed by atoms with Crippen molar-refractivity contribution in [2.75, 3.05) is 0 Å². The molecule has 2 heteroatoms. The van der Waals surface area contributed by atoms with Gasteiger partial charge in [-0.25, -0.2) is 0 Å². The second-order valence-electron chi connectivity index (χ2n) is 2.66. The lowest BCUT2D eigenvalue weighted by Crippen LogP contribution is -1.74. The third kappa shape index (κ3) is 2.04. The third-order valence-electron chi connectivity index (χ3n) is 1.84. The molecule has 0 spiro atoms. The third-order valence-corrected chi connectivity index (χ3v) is 2.06. The lowest BCUT2D eigenvalue weighted by Gasteiger charge is -1.96. The summed E-state index contributed by atoms with van der Waals surface area (Å²) < 4.78 is 0. The van der Waals surface area contributed by atoms with Crippen molar-refractivity contribution in [2.24, 2.45) is 0 Å². The molecule has 0 aliphatic heterocycles. The van der Waals surface area contributed by atoms with E-state index < -0.39 is 0 Å². The van der Waals surface area contributed by atoms with Crippen LogP contribution in [0.15, 0.2) is 24.4 Å². The number of fused-ring (bicyclic) bond motifs is 1. The van der Waals surface area contributed by atoms with Crippen molar-refractivity contribution in [3.63, 3.8) is 0 Å². The highest BCUT2D eigenvalue weighted by Crippen LogP contribution is 2.21. The maximum absolute atomic E-state index is 5.86. The molecule has 2 rings (SSSR count). The molecule has 0 aliphatic rings. The Morgan fingerprint density at radius 3 is 2.62 bits per heavy atom. The minimum atomic E-state index is 0.789. The number of nitrogens with one attached hydrogen (secondary N) is 1. The highest BCUT2D eigenvalue weighted by molar-refractivity contribution is 6.31. The molecule has 1 aromatic carbocycles. The Hall–Kier alpha value is -0.950. The van der Waals surface area contributed by atoms with E-state index in [-0.39, 0.29) is 0 Å². The van der Waals surface area contributed by atoms with E-state index in [9.17, 15) is 0 Å². The Morgan fingerprint density at radius 2 is 1.92 bits per heavy atom. The molecule has 13 heavy (non-hydrogen) atoms. The van der Waals surface area contributed by atoms with Gasteiger partial charge in [0.15, 0.2) is 0 Å². The molecule has 0 fully saturated rings. The second-order valence-corrected chi connectivity index (χ2v) is 3.10. The number of aromatic nitrogens is 1. The van der Waals surface area contributed by atoms with Crippen LogP contribution in [0.2, 0.25) is 5.02 Å². The van der Waals surface area contributed by atoms with Crippen molar-refractivity contribution in [1.29, 1.82) is 0 Å². The molecule has 0 saturated carbocycles. The van der Waals surface area contributed by atoms with Crippen LogP contribution >= 0.6 is 11.6 Å². The van der Waals surface area contributed by atoms with Gasteiger partial charge in [0, 0.05) is 22.1 Å². The quantitative estimate of drug-likeness (QED) is 0.650. The Balaban J connectivity index is 0.000000396. The van der Waals surface area contributed by atoms with E-state index in [1.165, 1.54) is 10.9 Å². The zero-order chi connectivity index (χ0) is 9.84. The van der Waals surface area contributed by atoms with Gasteiger partial charge in [-0.15, -0.1) is 0 Å². The summed E-state index contributed by atoms with van der Waals surface area (Å²) in [6.07, 6.45) is 1.92. The molecule has 0 amide bonds. The number of benzene rings is 1. The number of halogens is 1. The second kappa shape index (κ2) is 4.33. The molecule has 0 unspecified atom stereocenters. The zero-order valence-corrected chi connectivity index (χ0v) is 8.94. The maximum atomic E-state index is 5.86. The van der Waals surface area contributed by atoms with Crippen molar-refractivity contribution >= 4 is 22.5 Å². The fourth-order valence-electron chi connectivity index (χ4n) is 1.31. The molecule has 1 nitrogen and oxygen atoms in total. The van der Waals surface area contributed by atoms with Crippen LogP contribution in [0.25, 0.3) is 10.9 Å². The largest absolute Gasteiger partial charge is 0.361 e. The van der Waals surface area contributed by atoms with Crippen LogP contribution in [0.4, 0.5) is 0 Å². The van der Waals surface area contributed by atoms with Crippen LogP contribution in [0, 0.1) is 6.92 Å². The summed E-state index contributed by atoms with van der Waals surface area (Å²) in [5, 5.41) is 2.03. The van der Waals surface area contributed by atoms with E-state index in [2.05, 4.69) is 18.0 Å². The summed E-state index contributed by atoms with van der Waals surface area (Å²) in [6, 6.07) is 5.96. The summed E-state index contributed by atoms with van der Waals surface area (Å²) in [5.74, 6) is 0. The molecular weight excluding hydrogens is 182 g/mol. The van der Waals surface area contributed by atoms with Crippen molar-refractivity contribution < 1.29 is 0 Å². The molecule has 0 radical (unpaired) electrons. The van der Waals surface area contributed by atoms with Crippen molar-refractivity contribution in [3.05, 3.63) is 35.0 Å². The van der Waals surface area contributed by atoms with Crippen molar-refractivity contribution in [3.8, 4) is 0 Å². The number of H-pyrrole nitrogens is 1. The number of aryl methyl sites for hydroxylation is 1. The van der Waals surface area contributed by atoms with Gasteiger partial charge in [0.05, 0.1) is 0 Å². The molecule has 0 aliphatic carbocycles. The minimum Gasteiger partial charge on any atom is -0.361 e. The zero-order valence-electron chi connectivity index (χ0n) is 8.19. The molecule has 1 N–H and O–H groups in total. The van der Waals surface area contributed by atoms with Crippen LogP contribution in [-0.4, -0.2) is 4.98 Å². The number of rotatable bonds is 0. The van der Waals surface area contributed by atoms with Crippen LogP contribution in [0.1, 0.15) is 19.4 Å². The standard InChI is InChI=1S/C9H8ClN.C2H6/c1-6-4-7(10)5-9-8(6)2-3-11-9;1-2/h2-5,11H,1H3;1-2H3. The lowest BCUT2D eigenvalue weighted by molar-refractivity contribution is 1.47. The van der Waals surface area contributed by atoms with Gasteiger partial charge < -0.3 is 4.98 Å². The highest BCUT2D eigenvalue weighted by atomic mass is 35.5. The van der Waals surface area contributed by atoms with Crippen LogP contribution in [0.5, 0.6) is 0 Å². The molecule has 1 heterocycles. The van der Waals surface area contributed by atoms with Crippen LogP contribution in [-0.2, 0) is 0 Å². The van der Waals surface area contributed by atoms with Gasteiger partial charge in [-0.2, -0.15) is 0 Å². The minimum absolute atomic E-state index is 0.789. The number of hydrogen-bond donors (Lipinski definition) is 1. The predicted octanol–water partition coefficient (Wildman–Crippen LogP) is 4.16. The van der Waals surface area contributed by atoms with E-state index in [0.29, 0.717) is 0 Å². The Bertz CT molecular complexity index is 390. The molecule has 0 atom stereocenters. The smallest absolute Gasteiger partial charge is 0.0471 e. The first-order valence-electron chi connectivity index (χ1n) is 4.50. The van der Waals surface area contributed by atoms with Gasteiger partial charge >= 0.3 is 0 Å². The average molecular weight is 196 g/mol. The first-order chi connectivity index (χ1) is 6.27. The van der Waals surface area contributed by atoms with Gasteiger partial charge in [0.25, 0.3) is 0 Å². The van der Waals surface area contributed by atoms with Crippen molar-refractivity contribution in [2.45, 2.75) is 20.8 Å². The molecule has 0 bridgehead atoms. The Morgan fingerprint density at radius 1 is 1.23 bits per heavy atom. The molecule has 0 saturated heterocycles. The van der Waals surface area contributed by atoms with E-state index in [1.807, 2.05) is 32.2 Å². The van der Waals surface area contributed by atoms with E-state index in [4.69, 9.17) is 11.6 Å². The summed E-state index contributed by atoms with van der Waals surface area (Å²) >= 11 is 5.86. The van der Waals surface area contributed by atoms with Gasteiger partial charge in [-0.05, 0) is 30.7 Å². The first-order valence-corrected chi connectivity index (χ1v) is 4.88. The van der Waals surface area contributed by atoms with Gasteiger partial charge in [-0.3, -0.25) is 0 Å². The SMILES string of the molecule is CC.Cc1cc(Cl)cc2[nH]ccc12. The highest BCUT2D eigenvalue weighted by Gasteiger charge is 1.98. The predicted molar refractivity (Wildman–Crippen MR) is 59.4 cm³/mol. The van der Waals surface area contributed by atoms with Crippen LogP contribution in [0.3, 0.4) is 0 Å². The summed E-state index contributed by atoms with van der Waals surface area (Å²) in [4.78, 5) is 3.12. The first kappa shape index (κ1) is 10.1. The van der Waals surface area contributed by atoms with Gasteiger partial charge in [0.2, 0.25) is 0 Å². The topological polar surface area (TPSA) is 15.8 Å². The molecule has 70 valence electrons. The summed E-state index contributed by atoms with van der Waals surface area (Å²) in [6.45, 7) is 6.06. The fourth-order valence-corrected chi connectivity index (χ4v) is 1.58. The van der Waals surface area contributed by atoms with Crippen molar-refractivity contribution in [1.82, 2.24) is 4.98 Å². The monoisotopic (exact) mass is 195 g/mol. The maximum Gasteiger partial charge on any atom is 0.0471 e. The summed E-state index contributed by atoms with van der Waals surface area (Å²) in [5.41, 5.74) is 2.32. The van der Waals surface area contributed by atoms with Crippen LogP contribution < -0.4 is 0 Å². The molecular formula is C11H14ClN. The Kier molecular flexibility index (Phi) is 3.38. The Labute approximate surface area is 83.7 Å².